The maximum absolute atomic E-state index is 5.77. The Morgan fingerprint density at radius 2 is 1.87 bits per heavy atom. The van der Waals surface area contributed by atoms with Crippen LogP contribution in [-0.2, 0) is 0 Å². The Kier molecular flexibility index (Phi) is 4.63. The second-order valence-electron chi connectivity index (χ2n) is 4.34. The lowest BCUT2D eigenvalue weighted by atomic mass is 10.0. The molecule has 1 aromatic carbocycles. The van der Waals surface area contributed by atoms with Crippen LogP contribution in [0, 0.1) is 5.92 Å². The van der Waals surface area contributed by atoms with E-state index in [4.69, 9.17) is 10.5 Å². The molecule has 0 saturated heterocycles. The number of nitrogens with two attached hydrogens (primary N) is 1. The summed E-state index contributed by atoms with van der Waals surface area (Å²) in [6, 6.07) is 8.20. The number of hydrogen-bond acceptors (Lipinski definition) is 2. The van der Waals surface area contributed by atoms with Gasteiger partial charge in [0.1, 0.15) is 5.75 Å². The molecule has 0 aromatic heterocycles. The average molecular weight is 207 g/mol. The summed E-state index contributed by atoms with van der Waals surface area (Å²) >= 11 is 0. The summed E-state index contributed by atoms with van der Waals surface area (Å²) in [5.41, 5.74) is 6.82. The van der Waals surface area contributed by atoms with Gasteiger partial charge < -0.3 is 10.5 Å². The van der Waals surface area contributed by atoms with Gasteiger partial charge in [-0.05, 0) is 24.1 Å². The minimum Gasteiger partial charge on any atom is -0.493 e. The van der Waals surface area contributed by atoms with Crippen LogP contribution in [0.25, 0.3) is 0 Å². The zero-order valence-electron chi connectivity index (χ0n) is 9.86. The van der Waals surface area contributed by atoms with Crippen molar-refractivity contribution in [3.05, 3.63) is 29.8 Å². The minimum absolute atomic E-state index is 0.408. The molecule has 0 aliphatic heterocycles. The van der Waals surface area contributed by atoms with Gasteiger partial charge in [0.2, 0.25) is 0 Å². The molecule has 84 valence electrons. The van der Waals surface area contributed by atoms with E-state index in [1.807, 2.05) is 12.1 Å². The molecule has 0 bridgehead atoms. The van der Waals surface area contributed by atoms with Crippen molar-refractivity contribution < 1.29 is 4.74 Å². The highest BCUT2D eigenvalue weighted by Gasteiger charge is 2.07. The van der Waals surface area contributed by atoms with Gasteiger partial charge in [0.15, 0.2) is 0 Å². The molecular formula is C13H21NO. The third kappa shape index (κ3) is 3.56. The van der Waals surface area contributed by atoms with Gasteiger partial charge in [0.05, 0.1) is 6.61 Å². The first kappa shape index (κ1) is 12.1. The van der Waals surface area contributed by atoms with Crippen molar-refractivity contribution in [3.8, 4) is 5.75 Å². The summed E-state index contributed by atoms with van der Waals surface area (Å²) in [5.74, 6) is 1.90. The van der Waals surface area contributed by atoms with Gasteiger partial charge in [-0.25, -0.2) is 0 Å². The van der Waals surface area contributed by atoms with E-state index in [-0.39, 0.29) is 0 Å². The second kappa shape index (κ2) is 5.76. The summed E-state index contributed by atoms with van der Waals surface area (Å²) in [5, 5.41) is 0. The first-order chi connectivity index (χ1) is 7.15. The monoisotopic (exact) mass is 207 g/mol. The van der Waals surface area contributed by atoms with Crippen LogP contribution in [0.15, 0.2) is 24.3 Å². The maximum Gasteiger partial charge on any atom is 0.122 e. The quantitative estimate of drug-likeness (QED) is 0.805. The van der Waals surface area contributed by atoms with Crippen LogP contribution in [0.5, 0.6) is 5.75 Å². The topological polar surface area (TPSA) is 35.2 Å². The number of rotatable bonds is 5. The largest absolute Gasteiger partial charge is 0.493 e. The van der Waals surface area contributed by atoms with E-state index in [9.17, 15) is 0 Å². The molecule has 0 fully saturated rings. The van der Waals surface area contributed by atoms with Crippen molar-refractivity contribution in [2.75, 3.05) is 13.2 Å². The molecule has 15 heavy (non-hydrogen) atoms. The molecule has 2 nitrogen and oxygen atoms in total. The molecule has 1 atom stereocenters. The predicted octanol–water partition coefficient (Wildman–Crippen LogP) is 2.78. The van der Waals surface area contributed by atoms with Crippen molar-refractivity contribution in [1.82, 2.24) is 0 Å². The normalized spacial score (nSPS) is 12.9. The van der Waals surface area contributed by atoms with Gasteiger partial charge in [-0.3, -0.25) is 0 Å². The molecule has 1 unspecified atom stereocenters. The highest BCUT2D eigenvalue weighted by atomic mass is 16.5. The first-order valence-electron chi connectivity index (χ1n) is 5.57. The molecule has 2 heteroatoms. The number of para-hydroxylation sites is 1. The molecular weight excluding hydrogens is 186 g/mol. The molecule has 1 aromatic rings. The summed E-state index contributed by atoms with van der Waals surface area (Å²) in [6.07, 6.45) is 0. The number of ether oxygens (including phenoxy) is 1. The van der Waals surface area contributed by atoms with Crippen molar-refractivity contribution in [2.24, 2.45) is 11.7 Å². The van der Waals surface area contributed by atoms with Crippen molar-refractivity contribution >= 4 is 0 Å². The molecule has 0 radical (unpaired) electrons. The van der Waals surface area contributed by atoms with Gasteiger partial charge in [0.25, 0.3) is 0 Å². The number of hydrogen-bond donors (Lipinski definition) is 1. The van der Waals surface area contributed by atoms with Crippen LogP contribution in [-0.4, -0.2) is 13.2 Å². The Morgan fingerprint density at radius 1 is 1.20 bits per heavy atom. The highest BCUT2D eigenvalue weighted by molar-refractivity contribution is 5.35. The summed E-state index contributed by atoms with van der Waals surface area (Å²) in [4.78, 5) is 0. The predicted molar refractivity (Wildman–Crippen MR) is 64.2 cm³/mol. The van der Waals surface area contributed by atoms with Gasteiger partial charge in [-0.2, -0.15) is 0 Å². The fraction of sp³-hybridized carbons (Fsp3) is 0.538. The van der Waals surface area contributed by atoms with Crippen LogP contribution in [0.2, 0.25) is 0 Å². The standard InChI is InChI=1S/C13H21NO/c1-10(2)12-6-4-5-7-13(12)15-9-11(3)8-14/h4-7,10-11H,8-9,14H2,1-3H3. The van der Waals surface area contributed by atoms with Gasteiger partial charge >= 0.3 is 0 Å². The van der Waals surface area contributed by atoms with Gasteiger partial charge in [-0.15, -0.1) is 0 Å². The Labute approximate surface area is 92.4 Å². The molecule has 0 aliphatic rings. The molecule has 0 aliphatic carbocycles. The highest BCUT2D eigenvalue weighted by Crippen LogP contribution is 2.26. The maximum atomic E-state index is 5.77. The molecule has 0 spiro atoms. The molecule has 2 N–H and O–H groups in total. The first-order valence-corrected chi connectivity index (χ1v) is 5.57. The minimum atomic E-state index is 0.408. The third-order valence-corrected chi connectivity index (χ3v) is 2.47. The van der Waals surface area contributed by atoms with E-state index >= 15 is 0 Å². The van der Waals surface area contributed by atoms with Gasteiger partial charge in [0, 0.05) is 5.92 Å². The lowest BCUT2D eigenvalue weighted by Gasteiger charge is -2.16. The fourth-order valence-electron chi connectivity index (χ4n) is 1.39. The second-order valence-corrected chi connectivity index (χ2v) is 4.34. The molecule has 1 rings (SSSR count). The van der Waals surface area contributed by atoms with E-state index in [1.165, 1.54) is 5.56 Å². The van der Waals surface area contributed by atoms with E-state index in [1.54, 1.807) is 0 Å². The molecule has 0 saturated carbocycles. The van der Waals surface area contributed by atoms with Crippen LogP contribution in [0.1, 0.15) is 32.3 Å². The number of benzene rings is 1. The van der Waals surface area contributed by atoms with E-state index in [0.717, 1.165) is 5.75 Å². The van der Waals surface area contributed by atoms with Crippen molar-refractivity contribution in [2.45, 2.75) is 26.7 Å². The molecule has 0 heterocycles. The Bertz CT molecular complexity index is 296. The SMILES string of the molecule is CC(CN)COc1ccccc1C(C)C. The van der Waals surface area contributed by atoms with Crippen LogP contribution in [0.3, 0.4) is 0 Å². The summed E-state index contributed by atoms with van der Waals surface area (Å²) in [7, 11) is 0. The summed E-state index contributed by atoms with van der Waals surface area (Å²) in [6.45, 7) is 7.81. The Balaban J connectivity index is 2.67. The lowest BCUT2D eigenvalue weighted by molar-refractivity contribution is 0.261. The van der Waals surface area contributed by atoms with Crippen LogP contribution >= 0.6 is 0 Å². The van der Waals surface area contributed by atoms with E-state index in [0.29, 0.717) is 25.0 Å². The van der Waals surface area contributed by atoms with E-state index < -0.39 is 0 Å². The van der Waals surface area contributed by atoms with Gasteiger partial charge in [-0.1, -0.05) is 39.0 Å². The fourth-order valence-corrected chi connectivity index (χ4v) is 1.39. The lowest BCUT2D eigenvalue weighted by Crippen LogP contribution is -2.18. The third-order valence-electron chi connectivity index (χ3n) is 2.47. The van der Waals surface area contributed by atoms with Crippen LogP contribution in [0.4, 0.5) is 0 Å². The summed E-state index contributed by atoms with van der Waals surface area (Å²) < 4.78 is 5.77. The zero-order valence-corrected chi connectivity index (χ0v) is 9.86. The Hall–Kier alpha value is -1.02. The van der Waals surface area contributed by atoms with Crippen molar-refractivity contribution in [1.29, 1.82) is 0 Å². The average Bonchev–Trinajstić information content (AvgIpc) is 2.26. The smallest absolute Gasteiger partial charge is 0.122 e. The van der Waals surface area contributed by atoms with Crippen molar-refractivity contribution in [3.63, 3.8) is 0 Å². The van der Waals surface area contributed by atoms with Crippen LogP contribution < -0.4 is 10.5 Å². The van der Waals surface area contributed by atoms with E-state index in [2.05, 4.69) is 32.9 Å². The Morgan fingerprint density at radius 3 is 2.47 bits per heavy atom. The zero-order chi connectivity index (χ0) is 11.3. The molecule has 0 amide bonds.